The number of hydrogen-bond donors (Lipinski definition) is 0. The van der Waals surface area contributed by atoms with E-state index >= 15 is 0 Å². The van der Waals surface area contributed by atoms with E-state index in [1.165, 1.54) is 24.0 Å². The van der Waals surface area contributed by atoms with Crippen LogP contribution in [0.25, 0.3) is 0 Å². The molecule has 2 heteroatoms. The maximum atomic E-state index is 5.60. The summed E-state index contributed by atoms with van der Waals surface area (Å²) in [7, 11) is 3.49. The van der Waals surface area contributed by atoms with Gasteiger partial charge < -0.3 is 9.47 Å². The van der Waals surface area contributed by atoms with Crippen LogP contribution in [0.4, 0.5) is 0 Å². The van der Waals surface area contributed by atoms with Crippen LogP contribution in [0.15, 0.2) is 24.3 Å². The van der Waals surface area contributed by atoms with Gasteiger partial charge in [-0.15, -0.1) is 0 Å². The molecule has 2 nitrogen and oxygen atoms in total. The van der Waals surface area contributed by atoms with Gasteiger partial charge in [-0.05, 0) is 30.4 Å². The van der Waals surface area contributed by atoms with Gasteiger partial charge in [0.25, 0.3) is 0 Å². The number of rotatable bonds is 2. The number of aryl methyl sites for hydroxylation is 1. The molecule has 0 saturated carbocycles. The molecular weight excluding hydrogens is 200 g/mol. The van der Waals surface area contributed by atoms with Crippen LogP contribution in [0.1, 0.15) is 30.4 Å². The van der Waals surface area contributed by atoms with Crippen LogP contribution in [0, 0.1) is 0 Å². The zero-order chi connectivity index (χ0) is 11.4. The fourth-order valence-corrected chi connectivity index (χ4v) is 2.49. The van der Waals surface area contributed by atoms with Crippen LogP contribution in [-0.4, -0.2) is 20.0 Å². The molecule has 0 heterocycles. The molecule has 88 valence electrons. The van der Waals surface area contributed by atoms with E-state index in [-0.39, 0.29) is 0 Å². The van der Waals surface area contributed by atoms with Gasteiger partial charge in [0.2, 0.25) is 0 Å². The van der Waals surface area contributed by atoms with Crippen LogP contribution >= 0.6 is 0 Å². The van der Waals surface area contributed by atoms with E-state index in [0.717, 1.165) is 19.3 Å². The Morgan fingerprint density at radius 2 is 1.69 bits per heavy atom. The van der Waals surface area contributed by atoms with Gasteiger partial charge in [-0.25, -0.2) is 0 Å². The summed E-state index contributed by atoms with van der Waals surface area (Å²) in [6.07, 6.45) is 5.39. The molecular formula is C14H20O2. The topological polar surface area (TPSA) is 18.5 Å². The van der Waals surface area contributed by atoms with E-state index < -0.39 is 5.79 Å². The van der Waals surface area contributed by atoms with Crippen LogP contribution in [0.2, 0.25) is 0 Å². The second kappa shape index (κ2) is 4.98. The Balaban J connectivity index is 2.30. The summed E-state index contributed by atoms with van der Waals surface area (Å²) >= 11 is 0. The van der Waals surface area contributed by atoms with E-state index in [4.69, 9.17) is 9.47 Å². The highest BCUT2D eigenvalue weighted by atomic mass is 16.7. The molecule has 0 atom stereocenters. The van der Waals surface area contributed by atoms with Crippen molar-refractivity contribution < 1.29 is 9.47 Å². The van der Waals surface area contributed by atoms with Crippen LogP contribution in [0.5, 0.6) is 0 Å². The molecule has 1 aromatic carbocycles. The number of fused-ring (bicyclic) bond motifs is 1. The van der Waals surface area contributed by atoms with Crippen molar-refractivity contribution in [1.29, 1.82) is 0 Å². The normalized spacial score (nSPS) is 19.6. The summed E-state index contributed by atoms with van der Waals surface area (Å²) in [6.45, 7) is 0. The Hall–Kier alpha value is -0.860. The first-order valence-corrected chi connectivity index (χ1v) is 5.97. The molecule has 0 amide bonds. The standard InChI is InChI=1S/C14H20O2/c1-15-14(16-2)10-6-5-8-12-7-3-4-9-13(12)11-14/h3-4,7,9H,5-6,8,10-11H2,1-2H3. The lowest BCUT2D eigenvalue weighted by Gasteiger charge is -2.33. The monoisotopic (exact) mass is 220 g/mol. The van der Waals surface area contributed by atoms with Crippen LogP contribution < -0.4 is 0 Å². The Kier molecular flexibility index (Phi) is 3.62. The van der Waals surface area contributed by atoms with Gasteiger partial charge in [0.15, 0.2) is 5.79 Å². The predicted molar refractivity (Wildman–Crippen MR) is 64.5 cm³/mol. The molecule has 0 unspecified atom stereocenters. The summed E-state index contributed by atoms with van der Waals surface area (Å²) in [5, 5.41) is 0. The van der Waals surface area contributed by atoms with Crippen molar-refractivity contribution in [2.45, 2.75) is 37.9 Å². The van der Waals surface area contributed by atoms with Crippen molar-refractivity contribution in [2.75, 3.05) is 14.2 Å². The number of benzene rings is 1. The van der Waals surface area contributed by atoms with E-state index in [2.05, 4.69) is 24.3 Å². The third-order valence-corrected chi connectivity index (χ3v) is 3.58. The first kappa shape index (κ1) is 11.6. The first-order chi connectivity index (χ1) is 7.79. The number of methoxy groups -OCH3 is 2. The van der Waals surface area contributed by atoms with Crippen molar-refractivity contribution in [1.82, 2.24) is 0 Å². The lowest BCUT2D eigenvalue weighted by Crippen LogP contribution is -2.37. The lowest BCUT2D eigenvalue weighted by atomic mass is 9.90. The Morgan fingerprint density at radius 3 is 2.38 bits per heavy atom. The Labute approximate surface area is 97.6 Å². The summed E-state index contributed by atoms with van der Waals surface area (Å²) in [5.41, 5.74) is 2.81. The maximum absolute atomic E-state index is 5.60. The maximum Gasteiger partial charge on any atom is 0.171 e. The van der Waals surface area contributed by atoms with Crippen LogP contribution in [0.3, 0.4) is 0 Å². The lowest BCUT2D eigenvalue weighted by molar-refractivity contribution is -0.211. The molecule has 0 N–H and O–H groups in total. The van der Waals surface area contributed by atoms with Crippen molar-refractivity contribution >= 4 is 0 Å². The summed E-state index contributed by atoms with van der Waals surface area (Å²) in [5.74, 6) is -0.420. The highest BCUT2D eigenvalue weighted by molar-refractivity contribution is 5.28. The fourth-order valence-electron chi connectivity index (χ4n) is 2.49. The zero-order valence-corrected chi connectivity index (χ0v) is 10.2. The molecule has 0 fully saturated rings. The van der Waals surface area contributed by atoms with Gasteiger partial charge in [0, 0.05) is 27.1 Å². The van der Waals surface area contributed by atoms with E-state index in [9.17, 15) is 0 Å². The molecule has 0 spiro atoms. The molecule has 16 heavy (non-hydrogen) atoms. The molecule has 1 aliphatic carbocycles. The molecule has 0 saturated heterocycles. The van der Waals surface area contributed by atoms with Crippen molar-refractivity contribution in [3.8, 4) is 0 Å². The van der Waals surface area contributed by atoms with Crippen molar-refractivity contribution in [3.63, 3.8) is 0 Å². The first-order valence-electron chi connectivity index (χ1n) is 5.97. The Morgan fingerprint density at radius 1 is 1.00 bits per heavy atom. The number of hydrogen-bond acceptors (Lipinski definition) is 2. The average molecular weight is 220 g/mol. The van der Waals surface area contributed by atoms with Gasteiger partial charge in [0.1, 0.15) is 0 Å². The second-order valence-corrected chi connectivity index (χ2v) is 4.47. The Bertz CT molecular complexity index is 342. The fraction of sp³-hybridized carbons (Fsp3) is 0.571. The molecule has 0 bridgehead atoms. The van der Waals surface area contributed by atoms with E-state index in [0.29, 0.717) is 0 Å². The largest absolute Gasteiger partial charge is 0.353 e. The summed E-state index contributed by atoms with van der Waals surface area (Å²) < 4.78 is 11.2. The predicted octanol–water partition coefficient (Wildman–Crippen LogP) is 2.94. The summed E-state index contributed by atoms with van der Waals surface area (Å²) in [4.78, 5) is 0. The zero-order valence-electron chi connectivity index (χ0n) is 10.2. The minimum Gasteiger partial charge on any atom is -0.353 e. The quantitative estimate of drug-likeness (QED) is 0.713. The summed E-state index contributed by atoms with van der Waals surface area (Å²) in [6, 6.07) is 8.61. The number of ether oxygens (including phenoxy) is 2. The molecule has 0 radical (unpaired) electrons. The minimum atomic E-state index is -0.420. The van der Waals surface area contributed by atoms with Gasteiger partial charge in [-0.2, -0.15) is 0 Å². The van der Waals surface area contributed by atoms with Gasteiger partial charge in [-0.3, -0.25) is 0 Å². The smallest absolute Gasteiger partial charge is 0.171 e. The van der Waals surface area contributed by atoms with E-state index in [1.54, 1.807) is 14.2 Å². The minimum absolute atomic E-state index is 0.420. The molecule has 2 rings (SSSR count). The molecule has 1 aromatic rings. The van der Waals surface area contributed by atoms with E-state index in [1.807, 2.05) is 0 Å². The van der Waals surface area contributed by atoms with Crippen molar-refractivity contribution in [2.24, 2.45) is 0 Å². The molecule has 1 aliphatic rings. The highest BCUT2D eigenvalue weighted by Crippen LogP contribution is 2.29. The second-order valence-electron chi connectivity index (χ2n) is 4.47. The molecule has 0 aliphatic heterocycles. The highest BCUT2D eigenvalue weighted by Gasteiger charge is 2.31. The molecule has 0 aromatic heterocycles. The van der Waals surface area contributed by atoms with Crippen LogP contribution in [-0.2, 0) is 22.3 Å². The van der Waals surface area contributed by atoms with Crippen molar-refractivity contribution in [3.05, 3.63) is 35.4 Å². The van der Waals surface area contributed by atoms with Gasteiger partial charge in [-0.1, -0.05) is 24.3 Å². The SMILES string of the molecule is COC1(OC)CCCCc2ccccc2C1. The van der Waals surface area contributed by atoms with Gasteiger partial charge in [0.05, 0.1) is 0 Å². The average Bonchev–Trinajstić information content (AvgIpc) is 2.31. The van der Waals surface area contributed by atoms with Gasteiger partial charge >= 0.3 is 0 Å². The third-order valence-electron chi connectivity index (χ3n) is 3.58. The third kappa shape index (κ3) is 2.28.